The van der Waals surface area contributed by atoms with Crippen LogP contribution in [0.5, 0.6) is 0 Å². The van der Waals surface area contributed by atoms with Crippen molar-refractivity contribution >= 4 is 17.3 Å². The summed E-state index contributed by atoms with van der Waals surface area (Å²) in [7, 11) is 0. The Hall–Kier alpha value is -1.86. The number of alkyl halides is 3. The first-order valence-corrected chi connectivity index (χ1v) is 8.71. The molecule has 25 heavy (non-hydrogen) atoms. The van der Waals surface area contributed by atoms with Gasteiger partial charge in [0.1, 0.15) is 6.04 Å². The molecule has 0 aliphatic rings. The van der Waals surface area contributed by atoms with E-state index in [0.29, 0.717) is 18.5 Å². The summed E-state index contributed by atoms with van der Waals surface area (Å²) in [5, 5.41) is 12.2. The molecule has 1 aromatic heterocycles. The predicted octanol–water partition coefficient (Wildman–Crippen LogP) is 5.02. The van der Waals surface area contributed by atoms with E-state index in [2.05, 4.69) is 5.32 Å². The molecule has 2 N–H and O–H groups in total. The molecule has 2 aromatic rings. The van der Waals surface area contributed by atoms with E-state index in [1.54, 1.807) is 0 Å². The third kappa shape index (κ3) is 5.57. The molecule has 1 aromatic carbocycles. The van der Waals surface area contributed by atoms with E-state index in [9.17, 15) is 23.1 Å². The van der Waals surface area contributed by atoms with E-state index in [1.807, 2.05) is 26.0 Å². The average Bonchev–Trinajstić information content (AvgIpc) is 2.99. The van der Waals surface area contributed by atoms with E-state index < -0.39 is 23.8 Å². The van der Waals surface area contributed by atoms with Crippen molar-refractivity contribution in [2.24, 2.45) is 5.92 Å². The summed E-state index contributed by atoms with van der Waals surface area (Å²) >= 11 is 1.44. The first kappa shape index (κ1) is 19.5. The van der Waals surface area contributed by atoms with Crippen LogP contribution in [0.4, 0.5) is 13.2 Å². The summed E-state index contributed by atoms with van der Waals surface area (Å²) in [6, 6.07) is 8.11. The zero-order chi connectivity index (χ0) is 18.6. The fraction of sp³-hybridized carbons (Fsp3) is 0.389. The number of carboxylic acid groups (broad SMARTS) is 1. The van der Waals surface area contributed by atoms with Gasteiger partial charge in [-0.25, -0.2) is 0 Å². The lowest BCUT2D eigenvalue weighted by molar-refractivity contribution is -0.140. The van der Waals surface area contributed by atoms with Gasteiger partial charge < -0.3 is 5.11 Å². The number of aliphatic carboxylic acids is 1. The molecule has 7 heteroatoms. The van der Waals surface area contributed by atoms with Gasteiger partial charge in [0, 0.05) is 16.3 Å². The predicted molar refractivity (Wildman–Crippen MR) is 92.5 cm³/mol. The van der Waals surface area contributed by atoms with Crippen LogP contribution in [0.25, 0.3) is 10.4 Å². The van der Waals surface area contributed by atoms with Gasteiger partial charge >= 0.3 is 12.1 Å². The van der Waals surface area contributed by atoms with Gasteiger partial charge in [0.25, 0.3) is 0 Å². The van der Waals surface area contributed by atoms with Crippen molar-refractivity contribution in [2.45, 2.75) is 39.0 Å². The number of hydrogen-bond acceptors (Lipinski definition) is 3. The smallest absolute Gasteiger partial charge is 0.416 e. The van der Waals surface area contributed by atoms with Gasteiger partial charge in [0.2, 0.25) is 0 Å². The molecule has 1 atom stereocenters. The summed E-state index contributed by atoms with van der Waals surface area (Å²) in [5.41, 5.74) is 0.0360. The van der Waals surface area contributed by atoms with Gasteiger partial charge in [-0.05, 0) is 42.2 Å². The highest BCUT2D eigenvalue weighted by Crippen LogP contribution is 2.33. The number of thiophene rings is 1. The highest BCUT2D eigenvalue weighted by Gasteiger charge is 2.30. The van der Waals surface area contributed by atoms with Crippen LogP contribution in [0.15, 0.2) is 36.4 Å². The van der Waals surface area contributed by atoms with Crippen LogP contribution in [-0.2, 0) is 17.5 Å². The fourth-order valence-corrected chi connectivity index (χ4v) is 3.38. The van der Waals surface area contributed by atoms with Crippen LogP contribution in [0.3, 0.4) is 0 Å². The van der Waals surface area contributed by atoms with Gasteiger partial charge in [-0.15, -0.1) is 11.3 Å². The maximum absolute atomic E-state index is 12.6. The van der Waals surface area contributed by atoms with E-state index in [-0.39, 0.29) is 5.92 Å². The second-order valence-electron chi connectivity index (χ2n) is 6.24. The van der Waals surface area contributed by atoms with Crippen molar-refractivity contribution < 1.29 is 23.1 Å². The molecular formula is C18H20F3NO2S. The summed E-state index contributed by atoms with van der Waals surface area (Å²) in [5.74, 6) is -0.618. The van der Waals surface area contributed by atoms with Crippen LogP contribution >= 0.6 is 11.3 Å². The number of nitrogens with one attached hydrogen (secondary N) is 1. The highest BCUT2D eigenvalue weighted by atomic mass is 32.1. The number of rotatable bonds is 7. The third-order valence-corrected chi connectivity index (χ3v) is 4.82. The van der Waals surface area contributed by atoms with Crippen LogP contribution < -0.4 is 5.32 Å². The molecule has 2 rings (SSSR count). The van der Waals surface area contributed by atoms with Crippen molar-refractivity contribution in [1.29, 1.82) is 0 Å². The SMILES string of the molecule is CC(C)CC(NCc1ccc(-c2ccc(C(F)(F)F)cc2)s1)C(=O)O. The lowest BCUT2D eigenvalue weighted by atomic mass is 10.0. The summed E-state index contributed by atoms with van der Waals surface area (Å²) in [4.78, 5) is 13.0. The molecule has 0 fully saturated rings. The summed E-state index contributed by atoms with van der Waals surface area (Å²) < 4.78 is 37.8. The molecule has 0 saturated carbocycles. The number of carboxylic acids is 1. The molecule has 0 radical (unpaired) electrons. The molecule has 1 heterocycles. The largest absolute Gasteiger partial charge is 0.480 e. The normalized spacial score (nSPS) is 13.2. The zero-order valence-electron chi connectivity index (χ0n) is 13.9. The highest BCUT2D eigenvalue weighted by molar-refractivity contribution is 7.15. The number of benzene rings is 1. The number of carbonyl (C=O) groups is 1. The van der Waals surface area contributed by atoms with Crippen molar-refractivity contribution in [3.8, 4) is 10.4 Å². The standard InChI is InChI=1S/C18H20F3NO2S/c1-11(2)9-15(17(23)24)22-10-14-7-8-16(25-14)12-3-5-13(6-4-12)18(19,20)21/h3-8,11,15,22H,9-10H2,1-2H3,(H,23,24). The second kappa shape index (κ2) is 8.01. The Labute approximate surface area is 148 Å². The summed E-state index contributed by atoms with van der Waals surface area (Å²) in [6.45, 7) is 4.34. The van der Waals surface area contributed by atoms with Gasteiger partial charge in [-0.3, -0.25) is 10.1 Å². The summed E-state index contributed by atoms with van der Waals surface area (Å²) in [6.07, 6.45) is -3.81. The molecule has 0 amide bonds. The molecular weight excluding hydrogens is 351 g/mol. The quantitative estimate of drug-likeness (QED) is 0.718. The average molecular weight is 371 g/mol. The fourth-order valence-electron chi connectivity index (χ4n) is 2.42. The zero-order valence-corrected chi connectivity index (χ0v) is 14.7. The first-order valence-electron chi connectivity index (χ1n) is 7.89. The molecule has 0 spiro atoms. The van der Waals surface area contributed by atoms with Crippen molar-refractivity contribution in [2.75, 3.05) is 0 Å². The van der Waals surface area contributed by atoms with Crippen molar-refractivity contribution in [1.82, 2.24) is 5.32 Å². The topological polar surface area (TPSA) is 49.3 Å². The molecule has 0 aliphatic carbocycles. The lowest BCUT2D eigenvalue weighted by Gasteiger charge is -2.15. The Morgan fingerprint density at radius 2 is 1.80 bits per heavy atom. The molecule has 3 nitrogen and oxygen atoms in total. The molecule has 0 bridgehead atoms. The van der Waals surface area contributed by atoms with Crippen LogP contribution in [0.1, 0.15) is 30.7 Å². The van der Waals surface area contributed by atoms with E-state index in [0.717, 1.165) is 21.9 Å². The minimum absolute atomic E-state index is 0.264. The molecule has 1 unspecified atom stereocenters. The maximum atomic E-state index is 12.6. The Balaban J connectivity index is 2.03. The van der Waals surface area contributed by atoms with E-state index in [1.165, 1.54) is 23.5 Å². The van der Waals surface area contributed by atoms with Crippen molar-refractivity contribution in [3.05, 3.63) is 46.8 Å². The Morgan fingerprint density at radius 1 is 1.16 bits per heavy atom. The van der Waals surface area contributed by atoms with E-state index in [4.69, 9.17) is 0 Å². The minimum Gasteiger partial charge on any atom is -0.480 e. The van der Waals surface area contributed by atoms with Gasteiger partial charge in [-0.1, -0.05) is 26.0 Å². The Morgan fingerprint density at radius 3 is 2.32 bits per heavy atom. The molecule has 0 saturated heterocycles. The number of halogens is 3. The number of hydrogen-bond donors (Lipinski definition) is 2. The van der Waals surface area contributed by atoms with Crippen LogP contribution in [-0.4, -0.2) is 17.1 Å². The molecule has 0 aliphatic heterocycles. The van der Waals surface area contributed by atoms with Crippen molar-refractivity contribution in [3.63, 3.8) is 0 Å². The molecule has 136 valence electrons. The third-order valence-electron chi connectivity index (χ3n) is 3.69. The monoisotopic (exact) mass is 371 g/mol. The Kier molecular flexibility index (Phi) is 6.24. The lowest BCUT2D eigenvalue weighted by Crippen LogP contribution is -2.37. The second-order valence-corrected chi connectivity index (χ2v) is 7.41. The minimum atomic E-state index is -4.34. The van der Waals surface area contributed by atoms with Gasteiger partial charge in [0.05, 0.1) is 5.56 Å². The first-order chi connectivity index (χ1) is 11.7. The van der Waals surface area contributed by atoms with Gasteiger partial charge in [-0.2, -0.15) is 13.2 Å². The maximum Gasteiger partial charge on any atom is 0.416 e. The van der Waals surface area contributed by atoms with Crippen LogP contribution in [0.2, 0.25) is 0 Å². The Bertz CT molecular complexity index is 708. The van der Waals surface area contributed by atoms with E-state index >= 15 is 0 Å². The van der Waals surface area contributed by atoms with Gasteiger partial charge in [0.15, 0.2) is 0 Å². The van der Waals surface area contributed by atoms with Crippen LogP contribution in [0, 0.1) is 5.92 Å².